The van der Waals surface area contributed by atoms with Crippen LogP contribution >= 0.6 is 0 Å². The standard InChI is InChI=1S/C102H64N6O2/c1-4-21-71(22-5-1)101-103-89-56-46-70-28-19-37-95(98(70)100(89)110-101)106(82-55-57-92-87(64-82)84-32-14-16-34-90(84)107(92)77-29-8-3-9-30-77)79-50-42-67(43-51-79)76-61-75-26-12-13-31-83(75)86(62-76)68-44-52-80(53-45-68)108-91-35-17-15-33-85(91)88-63-81(54-58-93(88)108)105(78-48-40-66(41-49-78)74-39-38-65-20-10-11-25-73(65)60-74)94-36-18-27-69-47-59-96-99(97(69)94)104-102(109-96)72-23-6-2-7-24-72/h1-64H. The van der Waals surface area contributed by atoms with Crippen LogP contribution in [0.15, 0.2) is 397 Å². The number of para-hydroxylation sites is 3. The average Bonchev–Trinajstić information content (AvgIpc) is 1.52. The van der Waals surface area contributed by atoms with Gasteiger partial charge >= 0.3 is 0 Å². The Labute approximate surface area is 632 Å². The van der Waals surface area contributed by atoms with Crippen molar-refractivity contribution in [1.82, 2.24) is 19.1 Å². The topological polar surface area (TPSA) is 68.4 Å². The third-order valence-corrected chi connectivity index (χ3v) is 22.1. The maximum Gasteiger partial charge on any atom is 0.227 e. The van der Waals surface area contributed by atoms with Gasteiger partial charge in [-0.25, -0.2) is 9.97 Å². The van der Waals surface area contributed by atoms with E-state index in [9.17, 15) is 0 Å². The van der Waals surface area contributed by atoms with Crippen LogP contribution in [0.1, 0.15) is 0 Å². The van der Waals surface area contributed by atoms with Crippen LogP contribution in [0.3, 0.4) is 0 Å². The lowest BCUT2D eigenvalue weighted by atomic mass is 9.93. The first-order valence-electron chi connectivity index (χ1n) is 37.3. The summed E-state index contributed by atoms with van der Waals surface area (Å²) in [5.41, 5.74) is 24.5. The summed E-state index contributed by atoms with van der Waals surface area (Å²) in [6.45, 7) is 0. The second kappa shape index (κ2) is 25.4. The highest BCUT2D eigenvalue weighted by Gasteiger charge is 2.26. The second-order valence-corrected chi connectivity index (χ2v) is 28.4. The van der Waals surface area contributed by atoms with Crippen LogP contribution in [-0.4, -0.2) is 19.1 Å². The first kappa shape index (κ1) is 62.5. The largest absolute Gasteiger partial charge is 0.436 e. The minimum Gasteiger partial charge on any atom is -0.436 e. The lowest BCUT2D eigenvalue weighted by Crippen LogP contribution is -2.10. The van der Waals surface area contributed by atoms with E-state index in [1.54, 1.807) is 0 Å². The maximum atomic E-state index is 6.87. The van der Waals surface area contributed by atoms with E-state index in [0.717, 1.165) is 166 Å². The molecule has 0 amide bonds. The number of fused-ring (bicyclic) bond motifs is 14. The molecule has 0 bridgehead atoms. The Morgan fingerprint density at radius 3 is 1.34 bits per heavy atom. The van der Waals surface area contributed by atoms with E-state index in [-0.39, 0.29) is 0 Å². The Balaban J connectivity index is 0.645. The average molecular weight is 1410 g/mol. The lowest BCUT2D eigenvalue weighted by Gasteiger charge is -2.27. The van der Waals surface area contributed by atoms with Crippen molar-refractivity contribution in [3.8, 4) is 67.7 Å². The third kappa shape index (κ3) is 10.4. The van der Waals surface area contributed by atoms with E-state index in [4.69, 9.17) is 18.8 Å². The molecule has 0 atom stereocenters. The summed E-state index contributed by atoms with van der Waals surface area (Å²) in [6.07, 6.45) is 0. The van der Waals surface area contributed by atoms with Gasteiger partial charge in [0.15, 0.2) is 11.2 Å². The molecule has 18 aromatic carbocycles. The number of hydrogen-bond donors (Lipinski definition) is 0. The van der Waals surface area contributed by atoms with E-state index >= 15 is 0 Å². The number of aromatic nitrogens is 4. The molecule has 0 aliphatic carbocycles. The van der Waals surface area contributed by atoms with E-state index in [1.807, 2.05) is 66.7 Å². The maximum absolute atomic E-state index is 6.87. The highest BCUT2D eigenvalue weighted by atomic mass is 16.4. The van der Waals surface area contributed by atoms with Crippen molar-refractivity contribution >= 4 is 143 Å². The number of hydrogen-bond acceptors (Lipinski definition) is 6. The quantitative estimate of drug-likeness (QED) is 0.115. The van der Waals surface area contributed by atoms with Crippen molar-refractivity contribution in [2.45, 2.75) is 0 Å². The van der Waals surface area contributed by atoms with Gasteiger partial charge in [-0.05, 0) is 229 Å². The van der Waals surface area contributed by atoms with Crippen molar-refractivity contribution in [3.05, 3.63) is 388 Å². The van der Waals surface area contributed by atoms with Crippen LogP contribution < -0.4 is 9.80 Å². The van der Waals surface area contributed by atoms with E-state index in [1.165, 1.54) is 32.5 Å². The van der Waals surface area contributed by atoms with Crippen LogP contribution in [0.5, 0.6) is 0 Å². The van der Waals surface area contributed by atoms with Gasteiger partial charge in [-0.15, -0.1) is 0 Å². The van der Waals surface area contributed by atoms with Crippen molar-refractivity contribution < 1.29 is 8.83 Å². The molecule has 4 aromatic heterocycles. The molecule has 8 nitrogen and oxygen atoms in total. The predicted octanol–water partition coefficient (Wildman–Crippen LogP) is 28.1. The third-order valence-electron chi connectivity index (χ3n) is 22.1. The molecule has 0 spiro atoms. The zero-order chi connectivity index (χ0) is 72.3. The van der Waals surface area contributed by atoms with Crippen LogP contribution in [0.4, 0.5) is 34.1 Å². The fourth-order valence-corrected chi connectivity index (χ4v) is 16.9. The van der Waals surface area contributed by atoms with Crippen molar-refractivity contribution in [2.24, 2.45) is 0 Å². The van der Waals surface area contributed by atoms with Gasteiger partial charge in [0.25, 0.3) is 0 Å². The summed E-state index contributed by atoms with van der Waals surface area (Å²) in [4.78, 5) is 15.1. The van der Waals surface area contributed by atoms with Gasteiger partial charge in [-0.1, -0.05) is 224 Å². The van der Waals surface area contributed by atoms with Crippen LogP contribution in [-0.2, 0) is 0 Å². The van der Waals surface area contributed by atoms with Crippen LogP contribution in [0.2, 0.25) is 0 Å². The highest BCUT2D eigenvalue weighted by Crippen LogP contribution is 2.49. The van der Waals surface area contributed by atoms with Gasteiger partial charge in [0, 0.05) is 72.2 Å². The lowest BCUT2D eigenvalue weighted by molar-refractivity contribution is 0.620. The first-order chi connectivity index (χ1) is 54.5. The fraction of sp³-hybridized carbons (Fsp3) is 0. The predicted molar refractivity (Wildman–Crippen MR) is 457 cm³/mol. The summed E-state index contributed by atoms with van der Waals surface area (Å²) in [5.74, 6) is 1.18. The molecule has 0 radical (unpaired) electrons. The van der Waals surface area contributed by atoms with Gasteiger partial charge in [0.1, 0.15) is 11.0 Å². The smallest absolute Gasteiger partial charge is 0.227 e. The van der Waals surface area contributed by atoms with Gasteiger partial charge in [-0.2, -0.15) is 0 Å². The number of benzene rings is 18. The molecular formula is C102H64N6O2. The molecule has 0 saturated heterocycles. The van der Waals surface area contributed by atoms with Crippen LogP contribution in [0, 0.1) is 0 Å². The van der Waals surface area contributed by atoms with Gasteiger partial charge in [-0.3, -0.25) is 0 Å². The molecular weight excluding hydrogens is 1340 g/mol. The van der Waals surface area contributed by atoms with Gasteiger partial charge < -0.3 is 27.8 Å². The Bertz CT molecular complexity index is 7390. The minimum absolute atomic E-state index is 0.587. The number of nitrogens with zero attached hydrogens (tertiary/aromatic N) is 6. The Hall–Kier alpha value is -14.9. The van der Waals surface area contributed by atoms with Gasteiger partial charge in [0.05, 0.1) is 38.8 Å². The molecule has 4 heterocycles. The SMILES string of the molecule is c1ccc(-c2nc3c(ccc4cccc(N(c5ccc(-c6ccc7ccccc7c6)cc5)c5ccc6c(c5)c5ccccc5n6-c5ccc(-c6cc(-c7ccc(N(c8ccc9c(c8)c8ccccc8n9-c8ccccc8)c8cccc9ccc%10nc(-c%11ccccc%11)oc%10c89)cc7)cc7ccccc67)cc5)c43)o2)cc1. The number of anilines is 6. The zero-order valence-electron chi connectivity index (χ0n) is 59.5. The van der Waals surface area contributed by atoms with Crippen molar-refractivity contribution in [3.63, 3.8) is 0 Å². The van der Waals surface area contributed by atoms with E-state index < -0.39 is 0 Å². The van der Waals surface area contributed by atoms with Gasteiger partial charge in [0.2, 0.25) is 11.8 Å². The molecule has 0 unspecified atom stereocenters. The second-order valence-electron chi connectivity index (χ2n) is 28.4. The summed E-state index contributed by atoms with van der Waals surface area (Å²) in [5, 5.41) is 13.5. The number of rotatable bonds is 13. The number of oxazole rings is 2. The molecule has 514 valence electrons. The summed E-state index contributed by atoms with van der Waals surface area (Å²) in [6, 6.07) is 140. The Morgan fingerprint density at radius 2 is 0.700 bits per heavy atom. The summed E-state index contributed by atoms with van der Waals surface area (Å²) >= 11 is 0. The van der Waals surface area contributed by atoms with Crippen LogP contribution in [0.25, 0.3) is 177 Å². The molecule has 0 N–H and O–H groups in total. The van der Waals surface area contributed by atoms with Crippen molar-refractivity contribution in [2.75, 3.05) is 9.80 Å². The Morgan fingerprint density at radius 1 is 0.245 bits per heavy atom. The van der Waals surface area contributed by atoms with E-state index in [2.05, 4.69) is 340 Å². The van der Waals surface area contributed by atoms with E-state index in [0.29, 0.717) is 11.8 Å². The molecule has 0 aliphatic heterocycles. The first-order valence-corrected chi connectivity index (χ1v) is 37.3. The molecule has 0 saturated carbocycles. The van der Waals surface area contributed by atoms with Crippen molar-refractivity contribution in [1.29, 1.82) is 0 Å². The molecule has 22 aromatic rings. The normalized spacial score (nSPS) is 11.8. The Kier molecular flexibility index (Phi) is 14.5. The molecule has 0 fully saturated rings. The molecule has 110 heavy (non-hydrogen) atoms. The molecule has 8 heteroatoms. The summed E-state index contributed by atoms with van der Waals surface area (Å²) in [7, 11) is 0. The highest BCUT2D eigenvalue weighted by molar-refractivity contribution is 6.17. The fourth-order valence-electron chi connectivity index (χ4n) is 16.9. The zero-order valence-corrected chi connectivity index (χ0v) is 59.5. The minimum atomic E-state index is 0.587. The summed E-state index contributed by atoms with van der Waals surface area (Å²) < 4.78 is 18.2. The molecule has 22 rings (SSSR count). The monoisotopic (exact) mass is 1400 g/mol. The molecule has 0 aliphatic rings.